The monoisotopic (exact) mass is 397 g/mol. The summed E-state index contributed by atoms with van der Waals surface area (Å²) in [4.78, 5) is 4.78. The van der Waals surface area contributed by atoms with E-state index >= 15 is 0 Å². The van der Waals surface area contributed by atoms with Gasteiger partial charge in [0, 0.05) is 31.8 Å². The van der Waals surface area contributed by atoms with Crippen LogP contribution in [0.3, 0.4) is 0 Å². The summed E-state index contributed by atoms with van der Waals surface area (Å²) in [6, 6.07) is 22.8. The number of ether oxygens (including phenoxy) is 2. The maximum Gasteiger partial charge on any atom is 0.118 e. The number of nitrogens with one attached hydrogen (secondary N) is 1. The minimum Gasteiger partial charge on any atom is -0.497 e. The maximum atomic E-state index is 5.25. The van der Waals surface area contributed by atoms with Gasteiger partial charge in [0.05, 0.1) is 14.2 Å². The summed E-state index contributed by atoms with van der Waals surface area (Å²) in [5.41, 5.74) is 1.15. The Bertz CT molecular complexity index is 864. The lowest BCUT2D eigenvalue weighted by atomic mass is 10.3. The van der Waals surface area contributed by atoms with E-state index in [4.69, 9.17) is 9.47 Å². The molecule has 1 N–H and O–H groups in total. The van der Waals surface area contributed by atoms with Crippen LogP contribution in [0.25, 0.3) is 0 Å². The van der Waals surface area contributed by atoms with Gasteiger partial charge in [-0.25, -0.2) is 0 Å². The summed E-state index contributed by atoms with van der Waals surface area (Å²) in [6.07, 6.45) is 0. The maximum absolute atomic E-state index is 5.25. The average molecular weight is 398 g/mol. The van der Waals surface area contributed by atoms with Crippen LogP contribution in [0.5, 0.6) is 11.5 Å². The van der Waals surface area contributed by atoms with Crippen LogP contribution in [0.2, 0.25) is 0 Å². The third kappa shape index (κ3) is 5.37. The van der Waals surface area contributed by atoms with Gasteiger partial charge in [-0.15, -0.1) is 0 Å². The first kappa shape index (κ1) is 19.5. The van der Waals surface area contributed by atoms with Crippen molar-refractivity contribution in [3.8, 4) is 11.5 Å². The van der Waals surface area contributed by atoms with Crippen molar-refractivity contribution in [3.63, 3.8) is 0 Å². The number of benzene rings is 3. The van der Waals surface area contributed by atoms with E-state index in [0.29, 0.717) is 0 Å². The molecule has 3 nitrogen and oxygen atoms in total. The van der Waals surface area contributed by atoms with E-state index in [1.807, 2.05) is 24.3 Å². The van der Waals surface area contributed by atoms with Crippen LogP contribution in [-0.4, -0.2) is 20.8 Å². The molecular weight excluding hydrogens is 374 g/mol. The molecule has 0 unspecified atom stereocenters. The third-order valence-electron chi connectivity index (χ3n) is 3.90. The Morgan fingerprint density at radius 1 is 0.704 bits per heavy atom. The molecule has 0 aliphatic heterocycles. The number of rotatable bonds is 8. The minimum atomic E-state index is 0.870. The van der Waals surface area contributed by atoms with Gasteiger partial charge in [0.1, 0.15) is 11.5 Å². The molecule has 0 atom stereocenters. The molecular formula is C22H23NO2S2. The van der Waals surface area contributed by atoms with E-state index in [9.17, 15) is 0 Å². The summed E-state index contributed by atoms with van der Waals surface area (Å²) < 4.78 is 10.5. The zero-order chi connectivity index (χ0) is 19.1. The highest BCUT2D eigenvalue weighted by Crippen LogP contribution is 2.38. The van der Waals surface area contributed by atoms with Gasteiger partial charge in [0.2, 0.25) is 0 Å². The van der Waals surface area contributed by atoms with Crippen molar-refractivity contribution < 1.29 is 9.47 Å². The predicted octanol–water partition coefficient (Wildman–Crippen LogP) is 6.44. The summed E-state index contributed by atoms with van der Waals surface area (Å²) in [6.45, 7) is 3.00. The molecule has 27 heavy (non-hydrogen) atoms. The van der Waals surface area contributed by atoms with Crippen LogP contribution >= 0.6 is 23.5 Å². The number of methoxy groups -OCH3 is 2. The van der Waals surface area contributed by atoms with Gasteiger partial charge in [-0.1, -0.05) is 23.5 Å². The van der Waals surface area contributed by atoms with Gasteiger partial charge in [0.25, 0.3) is 0 Å². The fourth-order valence-electron chi connectivity index (χ4n) is 2.54. The second-order valence-corrected chi connectivity index (χ2v) is 8.01. The first-order valence-corrected chi connectivity index (χ1v) is 10.4. The van der Waals surface area contributed by atoms with E-state index in [-0.39, 0.29) is 0 Å². The summed E-state index contributed by atoms with van der Waals surface area (Å²) >= 11 is 3.50. The van der Waals surface area contributed by atoms with Gasteiger partial charge in [0.15, 0.2) is 0 Å². The lowest BCUT2D eigenvalue weighted by molar-refractivity contribution is 0.414. The van der Waals surface area contributed by atoms with Crippen LogP contribution in [0.1, 0.15) is 6.92 Å². The molecule has 3 aromatic rings. The Kier molecular flexibility index (Phi) is 6.96. The van der Waals surface area contributed by atoms with Crippen molar-refractivity contribution in [2.75, 3.05) is 26.1 Å². The average Bonchev–Trinajstić information content (AvgIpc) is 2.71. The van der Waals surface area contributed by atoms with Gasteiger partial charge in [-0.2, -0.15) is 0 Å². The highest BCUT2D eigenvalue weighted by atomic mass is 32.2. The molecule has 3 rings (SSSR count). The highest BCUT2D eigenvalue weighted by molar-refractivity contribution is 8.00. The van der Waals surface area contributed by atoms with E-state index in [2.05, 4.69) is 54.7 Å². The first-order chi connectivity index (χ1) is 13.2. The Labute approximate surface area is 169 Å². The largest absolute Gasteiger partial charge is 0.497 e. The topological polar surface area (TPSA) is 30.5 Å². The molecule has 0 amide bonds. The van der Waals surface area contributed by atoms with Crippen molar-refractivity contribution in [2.24, 2.45) is 0 Å². The lowest BCUT2D eigenvalue weighted by Crippen LogP contribution is -1.98. The SMILES string of the molecule is CCNc1ccc(Sc2ccc(OC)cc2)cc1Sc1ccc(OC)cc1. The van der Waals surface area contributed by atoms with E-state index in [1.54, 1.807) is 37.7 Å². The molecule has 0 saturated heterocycles. The molecule has 0 heterocycles. The molecule has 140 valence electrons. The zero-order valence-corrected chi connectivity index (χ0v) is 17.3. The molecule has 0 fully saturated rings. The van der Waals surface area contributed by atoms with Crippen LogP contribution in [0.4, 0.5) is 5.69 Å². The quantitative estimate of drug-likeness (QED) is 0.473. The summed E-state index contributed by atoms with van der Waals surface area (Å²) in [5, 5.41) is 3.45. The Hall–Kier alpha value is -2.24. The van der Waals surface area contributed by atoms with E-state index in [1.165, 1.54) is 19.6 Å². The van der Waals surface area contributed by atoms with E-state index in [0.717, 1.165) is 23.7 Å². The van der Waals surface area contributed by atoms with Gasteiger partial charge < -0.3 is 14.8 Å². The molecule has 0 aliphatic rings. The summed E-state index contributed by atoms with van der Waals surface area (Å²) in [7, 11) is 3.37. The number of hydrogen-bond donors (Lipinski definition) is 1. The Morgan fingerprint density at radius 2 is 1.22 bits per heavy atom. The van der Waals surface area contributed by atoms with E-state index < -0.39 is 0 Å². The normalized spacial score (nSPS) is 10.5. The van der Waals surface area contributed by atoms with Crippen molar-refractivity contribution >= 4 is 29.2 Å². The van der Waals surface area contributed by atoms with Gasteiger partial charge in [-0.3, -0.25) is 0 Å². The van der Waals surface area contributed by atoms with Crippen molar-refractivity contribution in [3.05, 3.63) is 66.7 Å². The standard InChI is InChI=1S/C22H23NO2S2/c1-4-23-21-14-13-20(26-18-9-5-16(24-2)6-10-18)15-22(21)27-19-11-7-17(25-3)8-12-19/h5-15,23H,4H2,1-3H3. The van der Waals surface area contributed by atoms with Gasteiger partial charge >= 0.3 is 0 Å². The van der Waals surface area contributed by atoms with Crippen LogP contribution in [0.15, 0.2) is 86.3 Å². The molecule has 5 heteroatoms. The zero-order valence-electron chi connectivity index (χ0n) is 15.7. The number of anilines is 1. The predicted molar refractivity (Wildman–Crippen MR) is 115 cm³/mol. The fourth-order valence-corrected chi connectivity index (χ4v) is 4.43. The van der Waals surface area contributed by atoms with Crippen molar-refractivity contribution in [2.45, 2.75) is 26.5 Å². The van der Waals surface area contributed by atoms with Crippen LogP contribution in [-0.2, 0) is 0 Å². The van der Waals surface area contributed by atoms with Gasteiger partial charge in [-0.05, 0) is 73.7 Å². The molecule has 3 aromatic carbocycles. The Balaban J connectivity index is 1.82. The first-order valence-electron chi connectivity index (χ1n) is 8.73. The smallest absolute Gasteiger partial charge is 0.118 e. The molecule has 0 saturated carbocycles. The number of hydrogen-bond acceptors (Lipinski definition) is 5. The van der Waals surface area contributed by atoms with Crippen molar-refractivity contribution in [1.82, 2.24) is 0 Å². The molecule has 0 aromatic heterocycles. The summed E-state index contributed by atoms with van der Waals surface area (Å²) in [5.74, 6) is 1.74. The highest BCUT2D eigenvalue weighted by Gasteiger charge is 2.08. The molecule has 0 bridgehead atoms. The van der Waals surface area contributed by atoms with Crippen LogP contribution < -0.4 is 14.8 Å². The lowest BCUT2D eigenvalue weighted by Gasteiger charge is -2.13. The second kappa shape index (κ2) is 9.62. The minimum absolute atomic E-state index is 0.870. The third-order valence-corrected chi connectivity index (χ3v) is 5.97. The Morgan fingerprint density at radius 3 is 1.74 bits per heavy atom. The van der Waals surface area contributed by atoms with Crippen LogP contribution in [0, 0.1) is 0 Å². The molecule has 0 aliphatic carbocycles. The van der Waals surface area contributed by atoms with Crippen molar-refractivity contribution in [1.29, 1.82) is 0 Å². The fraction of sp³-hybridized carbons (Fsp3) is 0.182. The molecule has 0 spiro atoms. The second-order valence-electron chi connectivity index (χ2n) is 5.74. The molecule has 0 radical (unpaired) electrons.